The maximum absolute atomic E-state index is 14.0. The smallest absolute Gasteiger partial charge is 0.248 e. The van der Waals surface area contributed by atoms with Crippen molar-refractivity contribution in [3.8, 4) is 0 Å². The quantitative estimate of drug-likeness (QED) is 0.531. The summed E-state index contributed by atoms with van der Waals surface area (Å²) in [5, 5.41) is 5.87. The summed E-state index contributed by atoms with van der Waals surface area (Å²) < 4.78 is 27.3. The average Bonchev–Trinajstić information content (AvgIpc) is 2.72. The van der Waals surface area contributed by atoms with Gasteiger partial charge in [-0.25, -0.2) is 8.78 Å². The van der Waals surface area contributed by atoms with E-state index in [1.807, 2.05) is 19.1 Å². The number of allylic oxidation sites excluding steroid dienone is 1. The van der Waals surface area contributed by atoms with Gasteiger partial charge in [-0.1, -0.05) is 6.92 Å². The number of nitrogens with two attached hydrogens (primary N) is 1. The highest BCUT2D eigenvalue weighted by molar-refractivity contribution is 6.02. The third kappa shape index (κ3) is 6.71. The molecule has 1 amide bonds. The first kappa shape index (κ1) is 22.1. The van der Waals surface area contributed by atoms with Crippen molar-refractivity contribution in [2.45, 2.75) is 32.9 Å². The molecule has 0 fully saturated rings. The third-order valence-corrected chi connectivity index (χ3v) is 4.37. The van der Waals surface area contributed by atoms with E-state index in [9.17, 15) is 13.6 Å². The van der Waals surface area contributed by atoms with Crippen LogP contribution in [0, 0.1) is 5.82 Å². The highest BCUT2D eigenvalue weighted by Crippen LogP contribution is 2.22. The number of rotatable bonds is 9. The number of nitrogens with one attached hydrogen (secondary N) is 2. The molecule has 7 heteroatoms. The molecule has 5 nitrogen and oxygen atoms in total. The summed E-state index contributed by atoms with van der Waals surface area (Å²) in [5.74, 6) is -0.869. The molecule has 2 aromatic rings. The van der Waals surface area contributed by atoms with Crippen molar-refractivity contribution in [1.82, 2.24) is 4.98 Å². The zero-order valence-corrected chi connectivity index (χ0v) is 16.6. The van der Waals surface area contributed by atoms with Crippen LogP contribution in [0.15, 0.2) is 48.9 Å². The molecule has 0 aliphatic carbocycles. The van der Waals surface area contributed by atoms with Crippen LogP contribution < -0.4 is 16.4 Å². The van der Waals surface area contributed by atoms with E-state index in [1.54, 1.807) is 19.1 Å². The number of anilines is 2. The molecule has 0 radical (unpaired) electrons. The largest absolute Gasteiger partial charge is 0.404 e. The van der Waals surface area contributed by atoms with Gasteiger partial charge in [-0.2, -0.15) is 0 Å². The lowest BCUT2D eigenvalue weighted by molar-refractivity contribution is -0.111. The van der Waals surface area contributed by atoms with Crippen LogP contribution in [0.1, 0.15) is 37.8 Å². The monoisotopic (exact) mass is 400 g/mol. The van der Waals surface area contributed by atoms with E-state index in [2.05, 4.69) is 15.6 Å². The summed E-state index contributed by atoms with van der Waals surface area (Å²) in [5.41, 5.74) is 8.25. The van der Waals surface area contributed by atoms with Gasteiger partial charge >= 0.3 is 0 Å². The minimum Gasteiger partial charge on any atom is -0.404 e. The zero-order valence-electron chi connectivity index (χ0n) is 16.6. The molecule has 0 bridgehead atoms. The molecule has 154 valence electrons. The molecule has 2 rings (SSSR count). The lowest BCUT2D eigenvalue weighted by Crippen LogP contribution is -2.09. The van der Waals surface area contributed by atoms with Crippen molar-refractivity contribution in [2.75, 3.05) is 17.2 Å². The number of carbonyl (C=O) groups excluding carboxylic acids is 1. The summed E-state index contributed by atoms with van der Waals surface area (Å²) in [6.07, 6.45) is 6.84. The molecular weight excluding hydrogens is 374 g/mol. The number of benzene rings is 1. The minimum absolute atomic E-state index is 0.306. The Labute approximate surface area is 169 Å². The van der Waals surface area contributed by atoms with E-state index >= 15 is 0 Å². The van der Waals surface area contributed by atoms with Crippen LogP contribution in [0.3, 0.4) is 0 Å². The summed E-state index contributed by atoms with van der Waals surface area (Å²) in [6, 6.07) is 7.11. The lowest BCUT2D eigenvalue weighted by Gasteiger charge is -2.09. The van der Waals surface area contributed by atoms with E-state index in [4.69, 9.17) is 5.73 Å². The molecule has 1 unspecified atom stereocenters. The summed E-state index contributed by atoms with van der Waals surface area (Å²) >= 11 is 0. The van der Waals surface area contributed by atoms with Gasteiger partial charge in [-0.3, -0.25) is 9.78 Å². The van der Waals surface area contributed by atoms with E-state index in [1.165, 1.54) is 24.5 Å². The van der Waals surface area contributed by atoms with Gasteiger partial charge in [0.05, 0.1) is 6.20 Å². The Bertz CT molecular complexity index is 879. The van der Waals surface area contributed by atoms with Gasteiger partial charge in [0.2, 0.25) is 5.91 Å². The van der Waals surface area contributed by atoms with Crippen LogP contribution in [-0.4, -0.2) is 23.6 Å². The molecule has 1 heterocycles. The van der Waals surface area contributed by atoms with Crippen LogP contribution in [0.4, 0.5) is 20.2 Å². The van der Waals surface area contributed by atoms with Gasteiger partial charge in [0.25, 0.3) is 0 Å². The number of hydrogen-bond acceptors (Lipinski definition) is 4. The molecule has 0 saturated carbocycles. The normalized spacial score (nSPS) is 12.8. The fourth-order valence-electron chi connectivity index (χ4n) is 2.67. The third-order valence-electron chi connectivity index (χ3n) is 4.37. The van der Waals surface area contributed by atoms with Crippen LogP contribution in [0.2, 0.25) is 0 Å². The second kappa shape index (κ2) is 10.9. The van der Waals surface area contributed by atoms with E-state index < -0.39 is 12.0 Å². The van der Waals surface area contributed by atoms with Gasteiger partial charge in [0.15, 0.2) is 0 Å². The Morgan fingerprint density at radius 2 is 1.93 bits per heavy atom. The van der Waals surface area contributed by atoms with Crippen molar-refractivity contribution >= 4 is 28.9 Å². The second-order valence-corrected chi connectivity index (χ2v) is 6.56. The highest BCUT2D eigenvalue weighted by Gasteiger charge is 2.09. The molecule has 1 aromatic heterocycles. The van der Waals surface area contributed by atoms with Crippen molar-refractivity contribution in [3.05, 3.63) is 65.9 Å². The maximum atomic E-state index is 14.0. The zero-order chi connectivity index (χ0) is 21.2. The Hall–Kier alpha value is -3.22. The number of amides is 1. The second-order valence-electron chi connectivity index (χ2n) is 6.56. The van der Waals surface area contributed by atoms with E-state index in [0.717, 1.165) is 11.9 Å². The Morgan fingerprint density at radius 1 is 1.24 bits per heavy atom. The number of hydrogen-bond donors (Lipinski definition) is 3. The molecule has 1 atom stereocenters. The van der Waals surface area contributed by atoms with Crippen molar-refractivity contribution in [2.24, 2.45) is 5.73 Å². The minimum atomic E-state index is -0.800. The molecule has 0 spiro atoms. The highest BCUT2D eigenvalue weighted by atomic mass is 19.1. The number of aromatic nitrogens is 1. The Balaban J connectivity index is 1.97. The van der Waals surface area contributed by atoms with Crippen molar-refractivity contribution in [3.63, 3.8) is 0 Å². The molecule has 0 aliphatic heterocycles. The fourth-order valence-corrected chi connectivity index (χ4v) is 2.67. The van der Waals surface area contributed by atoms with Gasteiger partial charge in [-0.15, -0.1) is 0 Å². The maximum Gasteiger partial charge on any atom is 0.248 e. The van der Waals surface area contributed by atoms with E-state index in [0.29, 0.717) is 41.8 Å². The Morgan fingerprint density at radius 3 is 2.59 bits per heavy atom. The Kier molecular flexibility index (Phi) is 8.33. The summed E-state index contributed by atoms with van der Waals surface area (Å²) in [7, 11) is 0. The van der Waals surface area contributed by atoms with Gasteiger partial charge in [0.1, 0.15) is 12.0 Å². The molecule has 29 heavy (non-hydrogen) atoms. The first-order chi connectivity index (χ1) is 13.9. The molecule has 4 N–H and O–H groups in total. The van der Waals surface area contributed by atoms with Crippen LogP contribution in [-0.2, 0) is 4.79 Å². The first-order valence-electron chi connectivity index (χ1n) is 9.44. The molecular formula is C22H26F2N4O. The van der Waals surface area contributed by atoms with Gasteiger partial charge in [-0.05, 0) is 61.9 Å². The predicted octanol–water partition coefficient (Wildman–Crippen LogP) is 4.74. The van der Waals surface area contributed by atoms with Crippen LogP contribution >= 0.6 is 0 Å². The van der Waals surface area contributed by atoms with Crippen LogP contribution in [0.5, 0.6) is 0 Å². The SMILES string of the molecule is CCC(F)CCNc1ccc(NC(=O)/C=C/c2cncc(F)c2/C(C)=C/N)cc1. The van der Waals surface area contributed by atoms with Gasteiger partial charge in [0, 0.05) is 41.3 Å². The topological polar surface area (TPSA) is 80.0 Å². The van der Waals surface area contributed by atoms with E-state index in [-0.39, 0.29) is 5.91 Å². The van der Waals surface area contributed by atoms with Gasteiger partial charge < -0.3 is 16.4 Å². The first-order valence-corrected chi connectivity index (χ1v) is 9.44. The number of carbonyl (C=O) groups is 1. The standard InChI is InChI=1S/C22H26F2N4O/c1-3-17(23)10-11-27-18-5-7-19(8-6-18)28-21(29)9-4-16-13-26-14-20(24)22(16)15(2)12-25/h4-9,12-14,17,27H,3,10-11,25H2,1-2H3,(H,28,29)/b9-4+,15-12+. The fraction of sp³-hybridized carbons (Fsp3) is 0.273. The average molecular weight is 400 g/mol. The number of nitrogens with zero attached hydrogens (tertiary/aromatic N) is 1. The lowest BCUT2D eigenvalue weighted by atomic mass is 10.0. The predicted molar refractivity (Wildman–Crippen MR) is 114 cm³/mol. The molecule has 0 aliphatic rings. The molecule has 0 saturated heterocycles. The summed E-state index contributed by atoms with van der Waals surface area (Å²) in [4.78, 5) is 16.0. The number of pyridine rings is 1. The van der Waals surface area contributed by atoms with Crippen LogP contribution in [0.25, 0.3) is 11.6 Å². The van der Waals surface area contributed by atoms with Crippen molar-refractivity contribution in [1.29, 1.82) is 0 Å². The summed E-state index contributed by atoms with van der Waals surface area (Å²) in [6.45, 7) is 4.05. The number of halogens is 2. The van der Waals surface area contributed by atoms with Crippen molar-refractivity contribution < 1.29 is 13.6 Å². The number of alkyl halides is 1. The molecule has 1 aromatic carbocycles.